The van der Waals surface area contributed by atoms with Crippen molar-refractivity contribution in [1.29, 1.82) is 0 Å². The number of benzene rings is 2. The molecule has 0 radical (unpaired) electrons. The first-order valence-electron chi connectivity index (χ1n) is 8.47. The summed E-state index contributed by atoms with van der Waals surface area (Å²) in [4.78, 5) is 14.2. The molecule has 0 aliphatic carbocycles. The van der Waals surface area contributed by atoms with Crippen molar-refractivity contribution in [2.45, 2.75) is 19.4 Å². The fraction of sp³-hybridized carbons (Fsp3) is 0.316. The zero-order chi connectivity index (χ0) is 18.1. The van der Waals surface area contributed by atoms with E-state index in [1.807, 2.05) is 12.1 Å². The van der Waals surface area contributed by atoms with Gasteiger partial charge in [-0.25, -0.2) is 9.18 Å². The van der Waals surface area contributed by atoms with Crippen LogP contribution in [0.4, 0.5) is 14.9 Å². The van der Waals surface area contributed by atoms with Gasteiger partial charge in [-0.2, -0.15) is 0 Å². The molecule has 0 aromatic heterocycles. The normalized spacial score (nSPS) is 15.2. The van der Waals surface area contributed by atoms with Crippen molar-refractivity contribution in [3.8, 4) is 5.75 Å². The van der Waals surface area contributed by atoms with Gasteiger partial charge in [0.1, 0.15) is 11.6 Å². The molecule has 0 unspecified atom stereocenters. The SMILES string of the molecule is O=C(NCCc1cc(F)cc2c1OCOC2)N1CCc2ccc(Cl)cc21. The summed E-state index contributed by atoms with van der Waals surface area (Å²) >= 11 is 6.04. The zero-order valence-electron chi connectivity index (χ0n) is 14.1. The van der Waals surface area contributed by atoms with E-state index in [1.54, 1.807) is 11.0 Å². The van der Waals surface area contributed by atoms with Gasteiger partial charge in [0.05, 0.1) is 12.3 Å². The number of rotatable bonds is 3. The molecule has 2 aliphatic heterocycles. The van der Waals surface area contributed by atoms with E-state index >= 15 is 0 Å². The first kappa shape index (κ1) is 17.1. The Bertz CT molecular complexity index is 859. The van der Waals surface area contributed by atoms with Crippen molar-refractivity contribution in [2.75, 3.05) is 24.8 Å². The number of nitrogens with one attached hydrogen (secondary N) is 1. The van der Waals surface area contributed by atoms with E-state index in [0.717, 1.165) is 23.2 Å². The average molecular weight is 377 g/mol. The largest absolute Gasteiger partial charge is 0.467 e. The van der Waals surface area contributed by atoms with E-state index in [2.05, 4.69) is 5.32 Å². The molecule has 0 fully saturated rings. The maximum atomic E-state index is 13.8. The molecule has 4 rings (SSSR count). The second kappa shape index (κ2) is 7.13. The molecule has 2 amide bonds. The second-order valence-electron chi connectivity index (χ2n) is 6.32. The van der Waals surface area contributed by atoms with Crippen LogP contribution in [0.15, 0.2) is 30.3 Å². The average Bonchev–Trinajstić information content (AvgIpc) is 3.04. The lowest BCUT2D eigenvalue weighted by Crippen LogP contribution is -2.39. The van der Waals surface area contributed by atoms with Crippen LogP contribution in [0.3, 0.4) is 0 Å². The minimum atomic E-state index is -0.331. The third-order valence-corrected chi connectivity index (χ3v) is 4.85. The third-order valence-electron chi connectivity index (χ3n) is 4.61. The maximum absolute atomic E-state index is 13.8. The van der Waals surface area contributed by atoms with Gasteiger partial charge in [-0.15, -0.1) is 0 Å². The van der Waals surface area contributed by atoms with Crippen LogP contribution in [-0.2, 0) is 24.2 Å². The Hall–Kier alpha value is -2.31. The van der Waals surface area contributed by atoms with Gasteiger partial charge in [0.25, 0.3) is 0 Å². The van der Waals surface area contributed by atoms with Crippen molar-refractivity contribution in [3.05, 3.63) is 57.9 Å². The molecule has 0 spiro atoms. The summed E-state index contributed by atoms with van der Waals surface area (Å²) in [6, 6.07) is 8.27. The van der Waals surface area contributed by atoms with Gasteiger partial charge in [-0.05, 0) is 48.2 Å². The summed E-state index contributed by atoms with van der Waals surface area (Å²) in [5.41, 5.74) is 3.38. The van der Waals surface area contributed by atoms with E-state index in [1.165, 1.54) is 12.1 Å². The number of amides is 2. The number of fused-ring (bicyclic) bond motifs is 2. The lowest BCUT2D eigenvalue weighted by Gasteiger charge is -2.21. The molecule has 0 saturated carbocycles. The Labute approximate surface area is 155 Å². The molecule has 2 aromatic rings. The van der Waals surface area contributed by atoms with Crippen molar-refractivity contribution in [3.63, 3.8) is 0 Å². The molecule has 0 saturated heterocycles. The summed E-state index contributed by atoms with van der Waals surface area (Å²) in [6.45, 7) is 1.49. The van der Waals surface area contributed by atoms with Gasteiger partial charge in [0, 0.05) is 23.7 Å². The fourth-order valence-corrected chi connectivity index (χ4v) is 3.57. The monoisotopic (exact) mass is 376 g/mol. The van der Waals surface area contributed by atoms with Gasteiger partial charge in [0.2, 0.25) is 0 Å². The Morgan fingerprint density at radius 2 is 2.15 bits per heavy atom. The molecule has 1 N–H and O–H groups in total. The Morgan fingerprint density at radius 1 is 1.27 bits per heavy atom. The smallest absolute Gasteiger partial charge is 0.321 e. The summed E-state index contributed by atoms with van der Waals surface area (Å²) in [5.74, 6) is 0.326. The molecule has 2 aromatic carbocycles. The Morgan fingerprint density at radius 3 is 3.04 bits per heavy atom. The molecule has 26 heavy (non-hydrogen) atoms. The van der Waals surface area contributed by atoms with Crippen LogP contribution in [0.25, 0.3) is 0 Å². The number of anilines is 1. The van der Waals surface area contributed by atoms with Crippen LogP contribution < -0.4 is 15.0 Å². The number of carbonyl (C=O) groups is 1. The molecule has 7 heteroatoms. The third kappa shape index (κ3) is 3.34. The van der Waals surface area contributed by atoms with Crippen LogP contribution in [0.5, 0.6) is 5.75 Å². The standard InChI is InChI=1S/C19H18ClFN2O3/c20-15-2-1-12-4-6-23(17(12)9-15)19(24)22-5-3-13-7-16(21)8-14-10-25-11-26-18(13)14/h1-2,7-9H,3-6,10-11H2,(H,22,24). The highest BCUT2D eigenvalue weighted by molar-refractivity contribution is 6.31. The predicted molar refractivity (Wildman–Crippen MR) is 96.3 cm³/mol. The van der Waals surface area contributed by atoms with Crippen LogP contribution in [-0.4, -0.2) is 25.9 Å². The second-order valence-corrected chi connectivity index (χ2v) is 6.76. The van der Waals surface area contributed by atoms with Gasteiger partial charge in [-0.1, -0.05) is 17.7 Å². The van der Waals surface area contributed by atoms with E-state index < -0.39 is 0 Å². The molecule has 2 heterocycles. The van der Waals surface area contributed by atoms with Crippen LogP contribution in [0.2, 0.25) is 5.02 Å². The van der Waals surface area contributed by atoms with Crippen molar-refractivity contribution >= 4 is 23.3 Å². The molecule has 5 nitrogen and oxygen atoms in total. The number of hydrogen-bond acceptors (Lipinski definition) is 3. The highest BCUT2D eigenvalue weighted by Gasteiger charge is 2.25. The first-order valence-corrected chi connectivity index (χ1v) is 8.85. The topological polar surface area (TPSA) is 50.8 Å². The number of nitrogens with zero attached hydrogens (tertiary/aromatic N) is 1. The quantitative estimate of drug-likeness (QED) is 0.889. The van der Waals surface area contributed by atoms with E-state index in [-0.39, 0.29) is 18.6 Å². The van der Waals surface area contributed by atoms with E-state index in [4.69, 9.17) is 21.1 Å². The van der Waals surface area contributed by atoms with Crippen LogP contribution in [0.1, 0.15) is 16.7 Å². The zero-order valence-corrected chi connectivity index (χ0v) is 14.8. The molecule has 2 aliphatic rings. The fourth-order valence-electron chi connectivity index (χ4n) is 3.41. The number of urea groups is 1. The van der Waals surface area contributed by atoms with Gasteiger partial charge in [-0.3, -0.25) is 4.90 Å². The maximum Gasteiger partial charge on any atom is 0.321 e. The Kier molecular flexibility index (Phi) is 4.70. The summed E-state index contributed by atoms with van der Waals surface area (Å²) < 4.78 is 24.5. The Balaban J connectivity index is 1.41. The van der Waals surface area contributed by atoms with Crippen molar-refractivity contribution in [2.24, 2.45) is 0 Å². The molecular weight excluding hydrogens is 359 g/mol. The number of carbonyl (C=O) groups excluding carboxylic acids is 1. The van der Waals surface area contributed by atoms with Gasteiger partial charge in [0.15, 0.2) is 6.79 Å². The molecule has 0 atom stereocenters. The van der Waals surface area contributed by atoms with Gasteiger partial charge < -0.3 is 14.8 Å². The summed E-state index contributed by atoms with van der Waals surface area (Å²) in [6.07, 6.45) is 1.28. The van der Waals surface area contributed by atoms with Crippen molar-refractivity contribution < 1.29 is 18.7 Å². The highest BCUT2D eigenvalue weighted by atomic mass is 35.5. The lowest BCUT2D eigenvalue weighted by atomic mass is 10.1. The molecule has 0 bridgehead atoms. The lowest BCUT2D eigenvalue weighted by molar-refractivity contribution is -0.0172. The number of ether oxygens (including phenoxy) is 2. The predicted octanol–water partition coefficient (Wildman–Crippen LogP) is 3.66. The van der Waals surface area contributed by atoms with Gasteiger partial charge >= 0.3 is 6.03 Å². The summed E-state index contributed by atoms with van der Waals surface area (Å²) in [5, 5.41) is 3.50. The highest BCUT2D eigenvalue weighted by Crippen LogP contribution is 2.31. The van der Waals surface area contributed by atoms with E-state index in [9.17, 15) is 9.18 Å². The number of hydrogen-bond donors (Lipinski definition) is 1. The van der Waals surface area contributed by atoms with Crippen LogP contribution >= 0.6 is 11.6 Å². The van der Waals surface area contributed by atoms with E-state index in [0.29, 0.717) is 42.5 Å². The van der Waals surface area contributed by atoms with Crippen molar-refractivity contribution in [1.82, 2.24) is 5.32 Å². The minimum absolute atomic E-state index is 0.156. The summed E-state index contributed by atoms with van der Waals surface area (Å²) in [7, 11) is 0. The molecule has 136 valence electrons. The van der Waals surface area contributed by atoms with Crippen LogP contribution in [0, 0.1) is 5.82 Å². The minimum Gasteiger partial charge on any atom is -0.467 e. The molecular formula is C19H18ClFN2O3. The first-order chi connectivity index (χ1) is 12.6. The number of halogens is 2.